The summed E-state index contributed by atoms with van der Waals surface area (Å²) >= 11 is 1.55. The van der Waals surface area contributed by atoms with Crippen LogP contribution in [0.3, 0.4) is 0 Å². The Hall–Kier alpha value is -1.76. The van der Waals surface area contributed by atoms with Gasteiger partial charge in [-0.1, -0.05) is 5.21 Å². The predicted molar refractivity (Wildman–Crippen MR) is 57.2 cm³/mol. The number of thiazole rings is 1. The summed E-state index contributed by atoms with van der Waals surface area (Å²) in [7, 11) is 0. The van der Waals surface area contributed by atoms with Gasteiger partial charge in [0, 0.05) is 24.2 Å². The standard InChI is InChI=1S/C9H10N4O2S/c14-9(15)2-1-7-5-13(12-11-7)6-8-10-3-4-16-8/h3-5H,1-2,6H2,(H,14,15). The summed E-state index contributed by atoms with van der Waals surface area (Å²) in [4.78, 5) is 14.5. The molecule has 0 aromatic carbocycles. The van der Waals surface area contributed by atoms with Gasteiger partial charge in [-0.25, -0.2) is 9.67 Å². The number of hydrogen-bond donors (Lipinski definition) is 1. The molecule has 84 valence electrons. The molecule has 1 N–H and O–H groups in total. The predicted octanol–water partition coefficient (Wildman–Crippen LogP) is 0.800. The van der Waals surface area contributed by atoms with Crippen LogP contribution in [0, 0.1) is 0 Å². The van der Waals surface area contributed by atoms with Gasteiger partial charge in [-0.05, 0) is 0 Å². The molecule has 2 aromatic rings. The van der Waals surface area contributed by atoms with Gasteiger partial charge in [-0.2, -0.15) is 0 Å². The molecule has 0 aliphatic heterocycles. The molecule has 0 fully saturated rings. The van der Waals surface area contributed by atoms with Crippen LogP contribution in [-0.2, 0) is 17.8 Å². The zero-order chi connectivity index (χ0) is 11.4. The molecule has 2 rings (SSSR count). The first-order valence-corrected chi connectivity index (χ1v) is 5.61. The monoisotopic (exact) mass is 238 g/mol. The van der Waals surface area contributed by atoms with Crippen molar-refractivity contribution >= 4 is 17.3 Å². The van der Waals surface area contributed by atoms with Gasteiger partial charge in [0.15, 0.2) is 0 Å². The third-order valence-corrected chi connectivity index (χ3v) is 2.73. The summed E-state index contributed by atoms with van der Waals surface area (Å²) in [5.41, 5.74) is 0.693. The van der Waals surface area contributed by atoms with Gasteiger partial charge < -0.3 is 5.11 Å². The van der Waals surface area contributed by atoms with Crippen molar-refractivity contribution < 1.29 is 9.90 Å². The highest BCUT2D eigenvalue weighted by molar-refractivity contribution is 7.09. The van der Waals surface area contributed by atoms with E-state index < -0.39 is 5.97 Å². The van der Waals surface area contributed by atoms with E-state index in [1.807, 2.05) is 5.38 Å². The topological polar surface area (TPSA) is 80.9 Å². The van der Waals surface area contributed by atoms with E-state index in [4.69, 9.17) is 5.11 Å². The van der Waals surface area contributed by atoms with Gasteiger partial charge in [0.1, 0.15) is 5.01 Å². The van der Waals surface area contributed by atoms with Crippen LogP contribution >= 0.6 is 11.3 Å². The molecule has 0 radical (unpaired) electrons. The molecule has 0 spiro atoms. The lowest BCUT2D eigenvalue weighted by Crippen LogP contribution is -1.99. The van der Waals surface area contributed by atoms with Crippen LogP contribution in [0.5, 0.6) is 0 Å². The van der Waals surface area contributed by atoms with Crippen molar-refractivity contribution in [1.29, 1.82) is 0 Å². The first-order chi connectivity index (χ1) is 7.74. The largest absolute Gasteiger partial charge is 0.481 e. The van der Waals surface area contributed by atoms with Gasteiger partial charge in [0.25, 0.3) is 0 Å². The normalized spacial score (nSPS) is 10.5. The molecule has 7 heteroatoms. The Morgan fingerprint density at radius 2 is 2.44 bits per heavy atom. The van der Waals surface area contributed by atoms with E-state index >= 15 is 0 Å². The summed E-state index contributed by atoms with van der Waals surface area (Å²) in [5.74, 6) is -0.825. The molecule has 0 aliphatic carbocycles. The molecule has 2 heterocycles. The summed E-state index contributed by atoms with van der Waals surface area (Å²) in [6, 6.07) is 0. The van der Waals surface area contributed by atoms with Crippen LogP contribution in [0.2, 0.25) is 0 Å². The van der Waals surface area contributed by atoms with E-state index in [1.54, 1.807) is 28.4 Å². The lowest BCUT2D eigenvalue weighted by molar-refractivity contribution is -0.136. The van der Waals surface area contributed by atoms with Crippen molar-refractivity contribution in [2.45, 2.75) is 19.4 Å². The molecule has 16 heavy (non-hydrogen) atoms. The average molecular weight is 238 g/mol. The van der Waals surface area contributed by atoms with Crippen molar-refractivity contribution in [2.75, 3.05) is 0 Å². The van der Waals surface area contributed by atoms with Crippen molar-refractivity contribution in [1.82, 2.24) is 20.0 Å². The van der Waals surface area contributed by atoms with Crippen LogP contribution in [0.1, 0.15) is 17.1 Å². The Labute approximate surface area is 95.6 Å². The number of aliphatic carboxylic acids is 1. The number of nitrogens with zero attached hydrogens (tertiary/aromatic N) is 4. The molecule has 0 unspecified atom stereocenters. The smallest absolute Gasteiger partial charge is 0.303 e. The van der Waals surface area contributed by atoms with Crippen LogP contribution < -0.4 is 0 Å². The summed E-state index contributed by atoms with van der Waals surface area (Å²) in [6.45, 7) is 0.581. The first-order valence-electron chi connectivity index (χ1n) is 4.73. The molecule has 2 aromatic heterocycles. The highest BCUT2D eigenvalue weighted by Gasteiger charge is 2.05. The Bertz CT molecular complexity index is 466. The number of aromatic nitrogens is 4. The average Bonchev–Trinajstić information content (AvgIpc) is 2.87. The van der Waals surface area contributed by atoms with Crippen LogP contribution in [0.25, 0.3) is 0 Å². The maximum atomic E-state index is 10.4. The maximum Gasteiger partial charge on any atom is 0.303 e. The summed E-state index contributed by atoms with van der Waals surface area (Å²) < 4.78 is 1.66. The lowest BCUT2D eigenvalue weighted by Gasteiger charge is -1.94. The van der Waals surface area contributed by atoms with Gasteiger partial charge in [-0.3, -0.25) is 4.79 Å². The molecule has 0 aliphatic rings. The third kappa shape index (κ3) is 2.86. The first kappa shape index (κ1) is 10.7. The Balaban J connectivity index is 1.94. The van der Waals surface area contributed by atoms with E-state index in [1.165, 1.54) is 0 Å². The molecular weight excluding hydrogens is 228 g/mol. The quantitative estimate of drug-likeness (QED) is 0.833. The lowest BCUT2D eigenvalue weighted by atomic mass is 10.2. The second-order valence-corrected chi connectivity index (χ2v) is 4.21. The second kappa shape index (κ2) is 4.84. The molecular formula is C9H10N4O2S. The van der Waals surface area contributed by atoms with Gasteiger partial charge in [0.05, 0.1) is 18.7 Å². The van der Waals surface area contributed by atoms with E-state index in [0.717, 1.165) is 5.01 Å². The second-order valence-electron chi connectivity index (χ2n) is 3.23. The number of hydrogen-bond acceptors (Lipinski definition) is 5. The summed E-state index contributed by atoms with van der Waals surface area (Å²) in [5, 5.41) is 19.2. The van der Waals surface area contributed by atoms with Crippen molar-refractivity contribution in [3.8, 4) is 0 Å². The van der Waals surface area contributed by atoms with E-state index in [-0.39, 0.29) is 6.42 Å². The number of carboxylic acid groups (broad SMARTS) is 1. The molecule has 0 saturated heterocycles. The van der Waals surface area contributed by atoms with Crippen LogP contribution in [-0.4, -0.2) is 31.1 Å². The van der Waals surface area contributed by atoms with Crippen molar-refractivity contribution in [3.63, 3.8) is 0 Å². The third-order valence-electron chi connectivity index (χ3n) is 1.96. The Kier molecular flexibility index (Phi) is 3.25. The number of rotatable bonds is 5. The van der Waals surface area contributed by atoms with E-state index in [0.29, 0.717) is 18.7 Å². The minimum absolute atomic E-state index is 0.0793. The maximum absolute atomic E-state index is 10.4. The Morgan fingerprint density at radius 1 is 1.56 bits per heavy atom. The number of aryl methyl sites for hydroxylation is 1. The number of carboxylic acids is 1. The van der Waals surface area contributed by atoms with Crippen molar-refractivity contribution in [3.05, 3.63) is 28.5 Å². The summed E-state index contributed by atoms with van der Waals surface area (Å²) in [6.07, 6.45) is 3.98. The fraction of sp³-hybridized carbons (Fsp3) is 0.333. The fourth-order valence-corrected chi connectivity index (χ4v) is 1.84. The van der Waals surface area contributed by atoms with Gasteiger partial charge >= 0.3 is 5.97 Å². The van der Waals surface area contributed by atoms with E-state index in [9.17, 15) is 4.79 Å². The zero-order valence-electron chi connectivity index (χ0n) is 8.41. The van der Waals surface area contributed by atoms with Crippen molar-refractivity contribution in [2.24, 2.45) is 0 Å². The van der Waals surface area contributed by atoms with Gasteiger partial charge in [-0.15, -0.1) is 16.4 Å². The molecule has 6 nitrogen and oxygen atoms in total. The molecule has 0 bridgehead atoms. The number of carbonyl (C=O) groups is 1. The SMILES string of the molecule is O=C(O)CCc1cn(Cc2nccs2)nn1. The Morgan fingerprint density at radius 3 is 3.12 bits per heavy atom. The molecule has 0 atom stereocenters. The molecule has 0 amide bonds. The minimum Gasteiger partial charge on any atom is -0.481 e. The van der Waals surface area contributed by atoms with Crippen LogP contribution in [0.15, 0.2) is 17.8 Å². The van der Waals surface area contributed by atoms with Crippen LogP contribution in [0.4, 0.5) is 0 Å². The molecule has 0 saturated carbocycles. The zero-order valence-corrected chi connectivity index (χ0v) is 9.22. The highest BCUT2D eigenvalue weighted by atomic mass is 32.1. The van der Waals surface area contributed by atoms with Gasteiger partial charge in [0.2, 0.25) is 0 Å². The minimum atomic E-state index is -0.825. The van der Waals surface area contributed by atoms with E-state index in [2.05, 4.69) is 15.3 Å². The fourth-order valence-electron chi connectivity index (χ4n) is 1.24. The highest BCUT2D eigenvalue weighted by Crippen LogP contribution is 2.06.